The molecule has 1 N–H and O–H groups in total. The lowest BCUT2D eigenvalue weighted by Crippen LogP contribution is -2.14. The highest BCUT2D eigenvalue weighted by molar-refractivity contribution is 5.37. The van der Waals surface area contributed by atoms with Crippen molar-refractivity contribution < 1.29 is 13.2 Å². The molecule has 15 heavy (non-hydrogen) atoms. The zero-order chi connectivity index (χ0) is 12.1. The number of hydrogen-bond acceptors (Lipinski definition) is 1. The molecule has 0 heterocycles. The Labute approximate surface area is 88.4 Å². The molecule has 0 saturated heterocycles. The molecule has 0 fully saturated rings. The Morgan fingerprint density at radius 3 is 2.27 bits per heavy atom. The molecule has 0 bridgehead atoms. The molecule has 0 aromatic carbocycles. The Hall–Kier alpha value is -1.03. The summed E-state index contributed by atoms with van der Waals surface area (Å²) in [5, 5.41) is 2.82. The fraction of sp³-hybridized carbons (Fsp3) is 0.455. The summed E-state index contributed by atoms with van der Waals surface area (Å²) in [5.41, 5.74) is 0.589. The second-order valence-electron chi connectivity index (χ2n) is 3.19. The van der Waals surface area contributed by atoms with E-state index in [0.29, 0.717) is 12.1 Å². The Morgan fingerprint density at radius 1 is 1.40 bits per heavy atom. The van der Waals surface area contributed by atoms with Crippen molar-refractivity contribution in [3.8, 4) is 0 Å². The van der Waals surface area contributed by atoms with Crippen molar-refractivity contribution in [2.24, 2.45) is 0 Å². The number of halogens is 3. The topological polar surface area (TPSA) is 12.0 Å². The molecule has 0 unspecified atom stereocenters. The monoisotopic (exact) mass is 219 g/mol. The average Bonchev–Trinajstić information content (AvgIpc) is 2.14. The summed E-state index contributed by atoms with van der Waals surface area (Å²) in [6, 6.07) is 0. The Kier molecular flexibility index (Phi) is 5.36. The molecule has 4 heteroatoms. The van der Waals surface area contributed by atoms with Crippen molar-refractivity contribution in [3.63, 3.8) is 0 Å². The standard InChI is InChI=1S/C11H16F3N/c1-5-8(2)10(7-15-4)6-9(3)11(12,13)14/h5-6,15H,3,7H2,1-2,4H3/b8-5-,10-6-. The fourth-order valence-electron chi connectivity index (χ4n) is 0.972. The predicted octanol–water partition coefficient (Wildman–Crippen LogP) is 3.22. The van der Waals surface area contributed by atoms with Crippen molar-refractivity contribution in [1.82, 2.24) is 5.32 Å². The van der Waals surface area contributed by atoms with Gasteiger partial charge >= 0.3 is 6.18 Å². The number of rotatable bonds is 4. The Balaban J connectivity index is 4.93. The summed E-state index contributed by atoms with van der Waals surface area (Å²) < 4.78 is 36.7. The van der Waals surface area contributed by atoms with Gasteiger partial charge < -0.3 is 5.32 Å². The molecule has 0 aliphatic carbocycles. The van der Waals surface area contributed by atoms with Crippen molar-refractivity contribution in [3.05, 3.63) is 35.5 Å². The third kappa shape index (κ3) is 4.83. The first-order valence-electron chi connectivity index (χ1n) is 4.57. The van der Waals surface area contributed by atoms with Crippen LogP contribution in [0.5, 0.6) is 0 Å². The van der Waals surface area contributed by atoms with Gasteiger partial charge in [0.25, 0.3) is 0 Å². The van der Waals surface area contributed by atoms with E-state index in [-0.39, 0.29) is 0 Å². The van der Waals surface area contributed by atoms with E-state index in [1.807, 2.05) is 0 Å². The van der Waals surface area contributed by atoms with Gasteiger partial charge in [-0.2, -0.15) is 13.2 Å². The predicted molar refractivity (Wildman–Crippen MR) is 56.6 cm³/mol. The summed E-state index contributed by atoms with van der Waals surface area (Å²) in [6.07, 6.45) is -1.51. The first-order valence-corrected chi connectivity index (χ1v) is 4.57. The SMILES string of the molecule is C=C(/C=C(CNC)\C(C)=C/C)C(F)(F)F. The molecule has 0 saturated carbocycles. The lowest BCUT2D eigenvalue weighted by molar-refractivity contribution is -0.0878. The molecule has 0 amide bonds. The lowest BCUT2D eigenvalue weighted by Gasteiger charge is -2.10. The second-order valence-corrected chi connectivity index (χ2v) is 3.19. The number of nitrogens with one attached hydrogen (secondary N) is 1. The van der Waals surface area contributed by atoms with Gasteiger partial charge in [-0.25, -0.2) is 0 Å². The largest absolute Gasteiger partial charge is 0.415 e. The molecule has 0 aromatic heterocycles. The first-order chi connectivity index (χ1) is 6.82. The van der Waals surface area contributed by atoms with Gasteiger partial charge in [-0.15, -0.1) is 0 Å². The maximum Gasteiger partial charge on any atom is 0.415 e. The molecule has 0 radical (unpaired) electrons. The van der Waals surface area contributed by atoms with E-state index < -0.39 is 11.7 Å². The van der Waals surface area contributed by atoms with Crippen LogP contribution in [-0.2, 0) is 0 Å². The highest BCUT2D eigenvalue weighted by Crippen LogP contribution is 2.26. The second kappa shape index (κ2) is 5.75. The maximum atomic E-state index is 12.2. The summed E-state index contributed by atoms with van der Waals surface area (Å²) >= 11 is 0. The van der Waals surface area contributed by atoms with Crippen LogP contribution >= 0.6 is 0 Å². The summed E-state index contributed by atoms with van der Waals surface area (Å²) in [5.74, 6) is 0. The van der Waals surface area contributed by atoms with E-state index in [2.05, 4.69) is 11.9 Å². The van der Waals surface area contributed by atoms with E-state index >= 15 is 0 Å². The zero-order valence-corrected chi connectivity index (χ0v) is 9.20. The van der Waals surface area contributed by atoms with E-state index in [9.17, 15) is 13.2 Å². The molecule has 0 rings (SSSR count). The number of hydrogen-bond donors (Lipinski definition) is 1. The summed E-state index contributed by atoms with van der Waals surface area (Å²) in [7, 11) is 1.69. The van der Waals surface area contributed by atoms with Crippen LogP contribution in [0.2, 0.25) is 0 Å². The number of allylic oxidation sites excluding steroid dienone is 3. The highest BCUT2D eigenvalue weighted by atomic mass is 19.4. The first kappa shape index (κ1) is 14.0. The van der Waals surface area contributed by atoms with Crippen LogP contribution < -0.4 is 5.32 Å². The molecular formula is C11H16F3N. The van der Waals surface area contributed by atoms with Gasteiger partial charge in [-0.1, -0.05) is 18.2 Å². The van der Waals surface area contributed by atoms with Crippen LogP contribution in [0.1, 0.15) is 13.8 Å². The van der Waals surface area contributed by atoms with Crippen molar-refractivity contribution in [2.75, 3.05) is 13.6 Å². The smallest absolute Gasteiger partial charge is 0.316 e. The molecule has 86 valence electrons. The van der Waals surface area contributed by atoms with Gasteiger partial charge in [0.2, 0.25) is 0 Å². The van der Waals surface area contributed by atoms with Gasteiger partial charge in [0.15, 0.2) is 0 Å². The maximum absolute atomic E-state index is 12.2. The van der Waals surface area contributed by atoms with Crippen molar-refractivity contribution >= 4 is 0 Å². The molecular weight excluding hydrogens is 203 g/mol. The quantitative estimate of drug-likeness (QED) is 0.716. The molecule has 0 atom stereocenters. The Morgan fingerprint density at radius 2 is 1.93 bits per heavy atom. The van der Waals surface area contributed by atoms with Gasteiger partial charge in [0, 0.05) is 12.1 Å². The summed E-state index contributed by atoms with van der Waals surface area (Å²) in [6.45, 7) is 6.96. The number of alkyl halides is 3. The van der Waals surface area contributed by atoms with Crippen LogP contribution in [0.25, 0.3) is 0 Å². The van der Waals surface area contributed by atoms with Crippen molar-refractivity contribution in [2.45, 2.75) is 20.0 Å². The van der Waals surface area contributed by atoms with Crippen LogP contribution in [0.4, 0.5) is 13.2 Å². The van der Waals surface area contributed by atoms with Gasteiger partial charge in [-0.3, -0.25) is 0 Å². The van der Waals surface area contributed by atoms with E-state index in [0.717, 1.165) is 11.6 Å². The molecule has 1 nitrogen and oxygen atoms in total. The van der Waals surface area contributed by atoms with Crippen LogP contribution in [0.3, 0.4) is 0 Å². The minimum atomic E-state index is -4.35. The lowest BCUT2D eigenvalue weighted by atomic mass is 10.0. The third-order valence-corrected chi connectivity index (χ3v) is 2.02. The van der Waals surface area contributed by atoms with E-state index in [4.69, 9.17) is 0 Å². The normalized spacial score (nSPS) is 14.3. The molecule has 0 aromatic rings. The van der Waals surface area contributed by atoms with Crippen LogP contribution in [-0.4, -0.2) is 19.8 Å². The van der Waals surface area contributed by atoms with Crippen LogP contribution in [0, 0.1) is 0 Å². The van der Waals surface area contributed by atoms with E-state index in [1.54, 1.807) is 27.0 Å². The average molecular weight is 219 g/mol. The zero-order valence-electron chi connectivity index (χ0n) is 9.20. The highest BCUT2D eigenvalue weighted by Gasteiger charge is 2.30. The minimum absolute atomic E-state index is 0.394. The summed E-state index contributed by atoms with van der Waals surface area (Å²) in [4.78, 5) is 0. The van der Waals surface area contributed by atoms with Gasteiger partial charge in [-0.05, 0) is 32.5 Å². The number of likely N-dealkylation sites (N-methyl/N-ethyl adjacent to an activating group) is 1. The van der Waals surface area contributed by atoms with Crippen LogP contribution in [0.15, 0.2) is 35.5 Å². The third-order valence-electron chi connectivity index (χ3n) is 2.02. The molecule has 0 aliphatic heterocycles. The molecule has 0 aliphatic rings. The minimum Gasteiger partial charge on any atom is -0.316 e. The van der Waals surface area contributed by atoms with Gasteiger partial charge in [0.1, 0.15) is 0 Å². The fourth-order valence-corrected chi connectivity index (χ4v) is 0.972. The van der Waals surface area contributed by atoms with E-state index in [1.165, 1.54) is 0 Å². The molecule has 0 spiro atoms. The van der Waals surface area contributed by atoms with Gasteiger partial charge in [0.05, 0.1) is 0 Å². The van der Waals surface area contributed by atoms with Crippen molar-refractivity contribution in [1.29, 1.82) is 0 Å². The Bertz CT molecular complexity index is 285.